The van der Waals surface area contributed by atoms with Gasteiger partial charge in [0.15, 0.2) is 0 Å². The number of fused-ring (bicyclic) bond motifs is 3. The molecule has 0 aliphatic heterocycles. The maximum atomic E-state index is 6.33. The molecule has 1 heteroatoms. The zero-order valence-electron chi connectivity index (χ0n) is 10.1. The summed E-state index contributed by atoms with van der Waals surface area (Å²) in [5.41, 5.74) is 0.588. The van der Waals surface area contributed by atoms with Crippen molar-refractivity contribution in [3.8, 4) is 0 Å². The summed E-state index contributed by atoms with van der Waals surface area (Å²) in [4.78, 5) is 0. The van der Waals surface area contributed by atoms with Crippen molar-refractivity contribution < 1.29 is 0 Å². The summed E-state index contributed by atoms with van der Waals surface area (Å²) < 4.78 is 0. The van der Waals surface area contributed by atoms with Crippen LogP contribution in [0.2, 0.25) is 0 Å². The highest BCUT2D eigenvalue weighted by Crippen LogP contribution is 2.64. The summed E-state index contributed by atoms with van der Waals surface area (Å²) in [5.74, 6) is 6.42. The predicted molar refractivity (Wildman–Crippen MR) is 67.5 cm³/mol. The second-order valence-electron chi connectivity index (χ2n) is 7.44. The number of hydrogen-bond acceptors (Lipinski definition) is 0. The third-order valence-electron chi connectivity index (χ3n) is 6.32. The lowest BCUT2D eigenvalue weighted by Crippen LogP contribution is -2.27. The van der Waals surface area contributed by atoms with Gasteiger partial charge in [0.2, 0.25) is 0 Å². The Kier molecular flexibility index (Phi) is 2.18. The highest BCUT2D eigenvalue weighted by atomic mass is 35.5. The van der Waals surface area contributed by atoms with Gasteiger partial charge in [-0.25, -0.2) is 0 Å². The monoisotopic (exact) mass is 238 g/mol. The molecule has 0 spiro atoms. The van der Waals surface area contributed by atoms with Gasteiger partial charge >= 0.3 is 0 Å². The Balaban J connectivity index is 1.45. The van der Waals surface area contributed by atoms with Gasteiger partial charge in [-0.1, -0.05) is 6.42 Å². The molecule has 0 aromatic carbocycles. The minimum Gasteiger partial charge on any atom is -0.126 e. The van der Waals surface area contributed by atoms with E-state index in [1.807, 2.05) is 0 Å². The molecule has 0 aromatic rings. The van der Waals surface area contributed by atoms with Gasteiger partial charge in [0.05, 0.1) is 0 Å². The Morgan fingerprint density at radius 1 is 0.938 bits per heavy atom. The number of rotatable bonds is 3. The fourth-order valence-electron chi connectivity index (χ4n) is 5.52. The summed E-state index contributed by atoms with van der Waals surface area (Å²) in [6, 6.07) is 0. The van der Waals surface area contributed by atoms with E-state index in [2.05, 4.69) is 0 Å². The van der Waals surface area contributed by atoms with E-state index in [4.69, 9.17) is 11.6 Å². The Morgan fingerprint density at radius 2 is 1.75 bits per heavy atom. The highest BCUT2D eigenvalue weighted by Gasteiger charge is 2.55. The smallest absolute Gasteiger partial charge is 0.0280 e. The fourth-order valence-corrected chi connectivity index (χ4v) is 5.85. The zero-order chi connectivity index (χ0) is 10.8. The third-order valence-corrected chi connectivity index (χ3v) is 6.89. The van der Waals surface area contributed by atoms with Crippen molar-refractivity contribution in [3.63, 3.8) is 0 Å². The molecule has 0 N–H and O–H groups in total. The fraction of sp³-hybridized carbons (Fsp3) is 1.00. The molecule has 4 saturated carbocycles. The molecule has 0 saturated heterocycles. The Morgan fingerprint density at radius 3 is 2.31 bits per heavy atom. The largest absolute Gasteiger partial charge is 0.126 e. The van der Waals surface area contributed by atoms with E-state index >= 15 is 0 Å². The van der Waals surface area contributed by atoms with E-state index in [1.54, 1.807) is 25.7 Å². The second kappa shape index (κ2) is 3.40. The molecule has 16 heavy (non-hydrogen) atoms. The summed E-state index contributed by atoms with van der Waals surface area (Å²) in [5, 5.41) is 0. The van der Waals surface area contributed by atoms with E-state index in [0.717, 1.165) is 35.5 Å². The summed E-state index contributed by atoms with van der Waals surface area (Å²) >= 11 is 6.33. The molecule has 0 amide bonds. The Labute approximate surface area is 104 Å². The van der Waals surface area contributed by atoms with Crippen molar-refractivity contribution in [3.05, 3.63) is 0 Å². The molecule has 5 atom stereocenters. The topological polar surface area (TPSA) is 0 Å². The molecule has 2 bridgehead atoms. The molecule has 4 aliphatic rings. The van der Waals surface area contributed by atoms with Crippen LogP contribution in [0.1, 0.15) is 51.4 Å². The van der Waals surface area contributed by atoms with Gasteiger partial charge in [-0.15, -0.1) is 11.6 Å². The first kappa shape index (κ1) is 10.2. The van der Waals surface area contributed by atoms with Crippen LogP contribution in [0.15, 0.2) is 0 Å². The van der Waals surface area contributed by atoms with Crippen LogP contribution in [0.25, 0.3) is 0 Å². The molecule has 4 rings (SSSR count). The van der Waals surface area contributed by atoms with Crippen LogP contribution in [0.5, 0.6) is 0 Å². The minimum atomic E-state index is 0.588. The van der Waals surface area contributed by atoms with Crippen LogP contribution in [0, 0.1) is 35.0 Å². The first-order valence-corrected chi connectivity index (χ1v) is 7.87. The van der Waals surface area contributed by atoms with Gasteiger partial charge in [-0.3, -0.25) is 0 Å². The highest BCUT2D eigenvalue weighted by molar-refractivity contribution is 6.18. The molecule has 0 heterocycles. The third kappa shape index (κ3) is 1.48. The van der Waals surface area contributed by atoms with E-state index in [9.17, 15) is 0 Å². The Hall–Kier alpha value is 0.290. The second-order valence-corrected chi connectivity index (χ2v) is 7.70. The van der Waals surface area contributed by atoms with Crippen molar-refractivity contribution in [2.24, 2.45) is 35.0 Å². The quantitative estimate of drug-likeness (QED) is 0.637. The lowest BCUT2D eigenvalue weighted by molar-refractivity contribution is 0.183. The number of alkyl halides is 1. The summed E-state index contributed by atoms with van der Waals surface area (Å²) in [6.07, 6.45) is 12.2. The van der Waals surface area contributed by atoms with Crippen LogP contribution < -0.4 is 0 Å². The molecule has 0 nitrogen and oxygen atoms in total. The van der Waals surface area contributed by atoms with Gasteiger partial charge in [-0.05, 0) is 80.0 Å². The SMILES string of the molecule is ClCC1(CC2CC3CCC2C3)CC2CC2C1. The van der Waals surface area contributed by atoms with Crippen molar-refractivity contribution >= 4 is 11.6 Å². The van der Waals surface area contributed by atoms with Crippen molar-refractivity contribution in [2.45, 2.75) is 51.4 Å². The van der Waals surface area contributed by atoms with Crippen LogP contribution >= 0.6 is 11.6 Å². The van der Waals surface area contributed by atoms with Crippen molar-refractivity contribution in [1.29, 1.82) is 0 Å². The van der Waals surface area contributed by atoms with E-state index in [1.165, 1.54) is 25.7 Å². The van der Waals surface area contributed by atoms with Crippen LogP contribution in [0.3, 0.4) is 0 Å². The van der Waals surface area contributed by atoms with Crippen LogP contribution in [0.4, 0.5) is 0 Å². The molecule has 4 aliphatic carbocycles. The average Bonchev–Trinajstić information content (AvgIpc) is 2.75. The molecule has 90 valence electrons. The summed E-state index contributed by atoms with van der Waals surface area (Å²) in [6.45, 7) is 0. The molecular weight excluding hydrogens is 216 g/mol. The van der Waals surface area contributed by atoms with Gasteiger partial charge in [-0.2, -0.15) is 0 Å². The molecule has 4 fully saturated rings. The van der Waals surface area contributed by atoms with E-state index in [-0.39, 0.29) is 0 Å². The first-order chi connectivity index (χ1) is 7.78. The van der Waals surface area contributed by atoms with Crippen molar-refractivity contribution in [1.82, 2.24) is 0 Å². The first-order valence-electron chi connectivity index (χ1n) is 7.34. The maximum Gasteiger partial charge on any atom is 0.0280 e. The zero-order valence-corrected chi connectivity index (χ0v) is 10.9. The van der Waals surface area contributed by atoms with Crippen molar-refractivity contribution in [2.75, 3.05) is 5.88 Å². The number of halogens is 1. The Bertz CT molecular complexity index is 288. The molecule has 0 aromatic heterocycles. The lowest BCUT2D eigenvalue weighted by Gasteiger charge is -2.34. The molecule has 0 radical (unpaired) electrons. The van der Waals surface area contributed by atoms with Crippen LogP contribution in [-0.4, -0.2) is 5.88 Å². The van der Waals surface area contributed by atoms with Crippen LogP contribution in [-0.2, 0) is 0 Å². The van der Waals surface area contributed by atoms with Gasteiger partial charge in [0.25, 0.3) is 0 Å². The minimum absolute atomic E-state index is 0.588. The normalized spacial score (nSPS) is 57.9. The summed E-state index contributed by atoms with van der Waals surface area (Å²) in [7, 11) is 0. The number of hydrogen-bond donors (Lipinski definition) is 0. The predicted octanol–water partition coefficient (Wildman–Crippen LogP) is 4.47. The van der Waals surface area contributed by atoms with Gasteiger partial charge in [0, 0.05) is 5.88 Å². The maximum absolute atomic E-state index is 6.33. The molecular formula is C15H23Cl. The van der Waals surface area contributed by atoms with E-state index < -0.39 is 0 Å². The standard InChI is InChI=1S/C15H23Cl/c16-9-15(7-13-5-14(13)8-15)6-12-4-10-1-2-11(12)3-10/h10-14H,1-9H2. The van der Waals surface area contributed by atoms with Gasteiger partial charge in [0.1, 0.15) is 0 Å². The van der Waals surface area contributed by atoms with E-state index in [0.29, 0.717) is 5.41 Å². The average molecular weight is 239 g/mol. The lowest BCUT2D eigenvalue weighted by atomic mass is 9.72. The molecule has 5 unspecified atom stereocenters. The van der Waals surface area contributed by atoms with Gasteiger partial charge < -0.3 is 0 Å².